The monoisotopic (exact) mass is 376 g/mol. The lowest BCUT2D eigenvalue weighted by Crippen LogP contribution is -2.36. The second kappa shape index (κ2) is 7.83. The molecule has 0 atom stereocenters. The summed E-state index contributed by atoms with van der Waals surface area (Å²) < 4.78 is 51.6. The molecule has 0 aliphatic heterocycles. The maximum absolute atomic E-state index is 13.4. The van der Waals surface area contributed by atoms with Crippen molar-refractivity contribution in [1.82, 2.24) is 4.90 Å². The molecule has 0 aliphatic rings. The predicted molar refractivity (Wildman–Crippen MR) is 87.0 cm³/mol. The lowest BCUT2D eigenvalue weighted by atomic mass is 10.2. The molecule has 0 spiro atoms. The Hall–Kier alpha value is -2.13. The smallest absolute Gasteiger partial charge is 0.395 e. The van der Waals surface area contributed by atoms with Gasteiger partial charge in [0, 0.05) is 17.1 Å². The molecule has 2 amide bonds. The zero-order valence-electron chi connectivity index (χ0n) is 13.2. The highest BCUT2D eigenvalue weighted by Crippen LogP contribution is 2.31. The first-order valence-corrected chi connectivity index (χ1v) is 8.16. The summed E-state index contributed by atoms with van der Waals surface area (Å²) in [5.41, 5.74) is -0.528. The van der Waals surface area contributed by atoms with Crippen LogP contribution in [0.4, 0.5) is 28.0 Å². The molecule has 9 heteroatoms. The number of rotatable bonds is 5. The molecule has 1 aromatic carbocycles. The lowest BCUT2D eigenvalue weighted by Gasteiger charge is -2.22. The molecule has 1 aromatic heterocycles. The number of halogens is 4. The number of aliphatic hydroxyl groups excluding tert-OH is 1. The molecule has 4 nitrogen and oxygen atoms in total. The number of anilines is 1. The Morgan fingerprint density at radius 3 is 2.60 bits per heavy atom. The fourth-order valence-electron chi connectivity index (χ4n) is 2.14. The van der Waals surface area contributed by atoms with E-state index in [9.17, 15) is 22.4 Å². The summed E-state index contributed by atoms with van der Waals surface area (Å²) in [6.07, 6.45) is -4.72. The highest BCUT2D eigenvalue weighted by atomic mass is 32.1. The number of benzene rings is 1. The number of nitrogens with one attached hydrogen (secondary N) is 1. The van der Waals surface area contributed by atoms with Gasteiger partial charge < -0.3 is 15.3 Å². The second-order valence-corrected chi connectivity index (χ2v) is 6.33. The first-order chi connectivity index (χ1) is 11.7. The van der Waals surface area contributed by atoms with Crippen LogP contribution >= 0.6 is 11.3 Å². The fourth-order valence-corrected chi connectivity index (χ4v) is 3.06. The van der Waals surface area contributed by atoms with Gasteiger partial charge in [-0.05, 0) is 42.1 Å². The molecule has 25 heavy (non-hydrogen) atoms. The predicted octanol–water partition coefficient (Wildman–Crippen LogP) is 4.24. The molecule has 0 saturated carbocycles. The standard InChI is InChI=1S/C16H16F4N2O2S/c1-10-2-5-25-14(10)9-22(3-4-23)15(24)21-13-7-11(16(18,19)20)6-12(17)8-13/h2,5-8,23H,3-4,9H2,1H3,(H,21,24). The summed E-state index contributed by atoms with van der Waals surface area (Å²) in [4.78, 5) is 14.5. The molecule has 136 valence electrons. The summed E-state index contributed by atoms with van der Waals surface area (Å²) in [5.74, 6) is -1.10. The van der Waals surface area contributed by atoms with Crippen molar-refractivity contribution in [3.63, 3.8) is 0 Å². The van der Waals surface area contributed by atoms with Gasteiger partial charge in [-0.25, -0.2) is 9.18 Å². The minimum Gasteiger partial charge on any atom is -0.395 e. The third kappa shape index (κ3) is 5.17. The number of aliphatic hydroxyl groups is 1. The second-order valence-electron chi connectivity index (χ2n) is 5.33. The number of alkyl halides is 3. The van der Waals surface area contributed by atoms with Crippen LogP contribution in [0.1, 0.15) is 16.0 Å². The Kier molecular flexibility index (Phi) is 6.02. The summed E-state index contributed by atoms with van der Waals surface area (Å²) >= 11 is 1.42. The third-order valence-electron chi connectivity index (χ3n) is 3.44. The number of amides is 2. The van der Waals surface area contributed by atoms with Gasteiger partial charge in [-0.3, -0.25) is 0 Å². The van der Waals surface area contributed by atoms with Crippen LogP contribution in [-0.2, 0) is 12.7 Å². The van der Waals surface area contributed by atoms with E-state index in [0.29, 0.717) is 12.1 Å². The topological polar surface area (TPSA) is 52.6 Å². The van der Waals surface area contributed by atoms with E-state index in [-0.39, 0.29) is 25.4 Å². The molecule has 0 radical (unpaired) electrons. The fraction of sp³-hybridized carbons (Fsp3) is 0.312. The third-order valence-corrected chi connectivity index (χ3v) is 4.44. The van der Waals surface area contributed by atoms with E-state index in [1.54, 1.807) is 0 Å². The molecule has 0 bridgehead atoms. The molecule has 1 heterocycles. The Morgan fingerprint density at radius 1 is 1.32 bits per heavy atom. The largest absolute Gasteiger partial charge is 0.416 e. The van der Waals surface area contributed by atoms with Gasteiger partial charge in [0.15, 0.2) is 0 Å². The number of urea groups is 1. The van der Waals surface area contributed by atoms with Gasteiger partial charge in [0.2, 0.25) is 0 Å². The average molecular weight is 376 g/mol. The van der Waals surface area contributed by atoms with Crippen molar-refractivity contribution in [1.29, 1.82) is 0 Å². The van der Waals surface area contributed by atoms with Gasteiger partial charge in [0.1, 0.15) is 5.82 Å². The van der Waals surface area contributed by atoms with Crippen LogP contribution in [0.15, 0.2) is 29.6 Å². The number of hydrogen-bond donors (Lipinski definition) is 2. The van der Waals surface area contributed by atoms with Gasteiger partial charge in [-0.15, -0.1) is 11.3 Å². The van der Waals surface area contributed by atoms with Crippen LogP contribution in [0.3, 0.4) is 0 Å². The first-order valence-electron chi connectivity index (χ1n) is 7.28. The lowest BCUT2D eigenvalue weighted by molar-refractivity contribution is -0.137. The van der Waals surface area contributed by atoms with Gasteiger partial charge in [-0.2, -0.15) is 13.2 Å². The van der Waals surface area contributed by atoms with Crippen LogP contribution in [0.2, 0.25) is 0 Å². The highest BCUT2D eigenvalue weighted by molar-refractivity contribution is 7.10. The average Bonchev–Trinajstić information content (AvgIpc) is 2.90. The van der Waals surface area contributed by atoms with Crippen molar-refractivity contribution in [2.75, 3.05) is 18.5 Å². The summed E-state index contributed by atoms with van der Waals surface area (Å²) in [6.45, 7) is 1.74. The van der Waals surface area contributed by atoms with Crippen molar-refractivity contribution >= 4 is 23.1 Å². The molecule has 0 aliphatic carbocycles. The van der Waals surface area contributed by atoms with Crippen LogP contribution in [0, 0.1) is 12.7 Å². The van der Waals surface area contributed by atoms with E-state index in [2.05, 4.69) is 5.32 Å². The molecule has 2 aromatic rings. The van der Waals surface area contributed by atoms with Gasteiger partial charge in [-0.1, -0.05) is 0 Å². The summed E-state index contributed by atoms with van der Waals surface area (Å²) in [7, 11) is 0. The van der Waals surface area contributed by atoms with Crippen molar-refractivity contribution in [2.45, 2.75) is 19.6 Å². The number of carbonyl (C=O) groups excluding carboxylic acids is 1. The molecule has 0 fully saturated rings. The van der Waals surface area contributed by atoms with Crippen LogP contribution in [-0.4, -0.2) is 29.2 Å². The van der Waals surface area contributed by atoms with Crippen molar-refractivity contribution in [3.8, 4) is 0 Å². The van der Waals surface area contributed by atoms with Crippen LogP contribution < -0.4 is 5.32 Å². The quantitative estimate of drug-likeness (QED) is 0.767. The maximum atomic E-state index is 13.4. The Bertz CT molecular complexity index is 746. The van der Waals surface area contributed by atoms with Gasteiger partial charge >= 0.3 is 12.2 Å². The zero-order valence-corrected chi connectivity index (χ0v) is 14.0. The van der Waals surface area contributed by atoms with E-state index >= 15 is 0 Å². The Labute approximate surface area is 145 Å². The van der Waals surface area contributed by atoms with E-state index in [0.717, 1.165) is 16.5 Å². The van der Waals surface area contributed by atoms with Crippen molar-refractivity contribution in [2.24, 2.45) is 0 Å². The number of thiophene rings is 1. The molecule has 2 N–H and O–H groups in total. The molecule has 0 unspecified atom stereocenters. The Balaban J connectivity index is 2.18. The molecular weight excluding hydrogens is 360 g/mol. The number of nitrogens with zero attached hydrogens (tertiary/aromatic N) is 1. The maximum Gasteiger partial charge on any atom is 0.416 e. The van der Waals surface area contributed by atoms with E-state index in [1.165, 1.54) is 16.2 Å². The van der Waals surface area contributed by atoms with Crippen molar-refractivity contribution < 1.29 is 27.5 Å². The van der Waals surface area contributed by atoms with Gasteiger partial charge in [0.05, 0.1) is 18.7 Å². The van der Waals surface area contributed by atoms with E-state index in [4.69, 9.17) is 5.11 Å². The van der Waals surface area contributed by atoms with Gasteiger partial charge in [0.25, 0.3) is 0 Å². The normalized spacial score (nSPS) is 11.4. The Morgan fingerprint density at radius 2 is 2.04 bits per heavy atom. The van der Waals surface area contributed by atoms with Crippen LogP contribution in [0.25, 0.3) is 0 Å². The first kappa shape index (κ1) is 19.2. The molecular formula is C16H16F4N2O2S. The zero-order chi connectivity index (χ0) is 18.6. The van der Waals surface area contributed by atoms with E-state index < -0.39 is 23.6 Å². The number of aryl methyl sites for hydroxylation is 1. The molecule has 2 rings (SSSR count). The van der Waals surface area contributed by atoms with Crippen LogP contribution in [0.5, 0.6) is 0 Å². The molecule has 0 saturated heterocycles. The SMILES string of the molecule is Cc1ccsc1CN(CCO)C(=O)Nc1cc(F)cc(C(F)(F)F)c1. The summed E-state index contributed by atoms with van der Waals surface area (Å²) in [5, 5.41) is 13.2. The minimum absolute atomic E-state index is 0.00931. The highest BCUT2D eigenvalue weighted by Gasteiger charge is 2.31. The number of carbonyl (C=O) groups is 1. The minimum atomic E-state index is -4.72. The number of hydrogen-bond acceptors (Lipinski definition) is 3. The van der Waals surface area contributed by atoms with Crippen molar-refractivity contribution in [3.05, 3.63) is 51.5 Å². The van der Waals surface area contributed by atoms with E-state index in [1.807, 2.05) is 18.4 Å². The summed E-state index contributed by atoms with van der Waals surface area (Å²) in [6, 6.07) is 2.98.